The minimum Gasteiger partial charge on any atom is -0.489 e. The van der Waals surface area contributed by atoms with E-state index in [2.05, 4.69) is 18.7 Å². The maximum atomic E-state index is 14.2. The third-order valence-electron chi connectivity index (χ3n) is 12.6. The van der Waals surface area contributed by atoms with Crippen molar-refractivity contribution in [3.05, 3.63) is 11.3 Å². The second kappa shape index (κ2) is 16.4. The van der Waals surface area contributed by atoms with Gasteiger partial charge in [-0.1, -0.05) is 20.8 Å². The Labute approximate surface area is 311 Å². The first-order valence-electron chi connectivity index (χ1n) is 19.3. The Hall–Kier alpha value is -1.39. The van der Waals surface area contributed by atoms with E-state index in [0.717, 1.165) is 5.57 Å². The molecule has 0 aromatic rings. The molecule has 13 nitrogen and oxygen atoms in total. The molecule has 0 amide bonds. The fourth-order valence-corrected chi connectivity index (χ4v) is 9.00. The molecule has 4 rings (SSSR count). The lowest BCUT2D eigenvalue weighted by molar-refractivity contribution is -0.317. The molecule has 0 radical (unpaired) electrons. The number of fused-ring (bicyclic) bond motifs is 2. The van der Waals surface area contributed by atoms with Crippen molar-refractivity contribution in [1.29, 1.82) is 0 Å². The van der Waals surface area contributed by atoms with Crippen LogP contribution in [0.3, 0.4) is 0 Å². The summed E-state index contributed by atoms with van der Waals surface area (Å²) in [5, 5.41) is 46.2. The summed E-state index contributed by atoms with van der Waals surface area (Å²) >= 11 is 0. The number of nitrogens with zero attached hydrogens (tertiary/aromatic N) is 1. The number of aliphatic hydroxyl groups excluding tert-OH is 3. The quantitative estimate of drug-likeness (QED) is 0.267. The number of ether oxygens (including phenoxy) is 7. The van der Waals surface area contributed by atoms with Gasteiger partial charge in [0.1, 0.15) is 41.4 Å². The minimum absolute atomic E-state index is 0.163. The summed E-state index contributed by atoms with van der Waals surface area (Å²) in [5.41, 5.74) is -3.01. The van der Waals surface area contributed by atoms with Gasteiger partial charge in [0.2, 0.25) is 0 Å². The molecule has 2 bridgehead atoms. The van der Waals surface area contributed by atoms with Crippen LogP contribution in [0.5, 0.6) is 0 Å². The predicted molar refractivity (Wildman–Crippen MR) is 193 cm³/mol. The van der Waals surface area contributed by atoms with Gasteiger partial charge in [0.25, 0.3) is 0 Å². The van der Waals surface area contributed by atoms with Crippen LogP contribution in [0.1, 0.15) is 109 Å². The molecule has 0 aliphatic carbocycles. The lowest BCUT2D eigenvalue weighted by Crippen LogP contribution is -2.61. The molecule has 302 valence electrons. The largest absolute Gasteiger partial charge is 0.489 e. The molecule has 3 fully saturated rings. The van der Waals surface area contributed by atoms with Crippen molar-refractivity contribution >= 4 is 5.97 Å². The van der Waals surface area contributed by atoms with E-state index >= 15 is 0 Å². The van der Waals surface area contributed by atoms with E-state index in [1.807, 2.05) is 34.7 Å². The van der Waals surface area contributed by atoms with Crippen LogP contribution < -0.4 is 0 Å². The fraction of sp³-hybridized carbons (Fsp3) is 0.923. The average Bonchev–Trinajstić information content (AvgIpc) is 3.40. The molecular weight excluding hydrogens is 674 g/mol. The van der Waals surface area contributed by atoms with Gasteiger partial charge >= 0.3 is 5.97 Å². The van der Waals surface area contributed by atoms with E-state index in [4.69, 9.17) is 33.2 Å². The Morgan fingerprint density at radius 2 is 1.62 bits per heavy atom. The smallest absolute Gasteiger partial charge is 0.311 e. The monoisotopic (exact) mass is 743 g/mol. The number of cyclic esters (lactones) is 1. The first kappa shape index (κ1) is 43.3. The standard InChI is InChI=1S/C39H69NO12/c1-15-27-39(12,45)32(42)22(6)30-20(4)17-38(11,52-30)34(51-36-29(41)26(16-21(5)47-36)40(13)19(2)3)23(7)31(24(8)35(44)49-27)50-28-18-37(10,46-14)33(43)25(9)48-28/h19,21-29,31-34,36,41-43,45H,15-18H2,1-14H3/t21?,22?,23?,24?,25?,26?,27?,28?,29?,31?,32?,33?,34?,36?,37-,38-,39-/m1/s1. The molecular formula is C39H69NO12. The molecule has 0 aromatic carbocycles. The third kappa shape index (κ3) is 8.39. The van der Waals surface area contributed by atoms with Crippen LogP contribution in [0.2, 0.25) is 0 Å². The van der Waals surface area contributed by atoms with Crippen LogP contribution in [0.4, 0.5) is 0 Å². The Morgan fingerprint density at radius 3 is 2.19 bits per heavy atom. The van der Waals surface area contributed by atoms with Gasteiger partial charge in [-0.25, -0.2) is 0 Å². The molecule has 4 N–H and O–H groups in total. The van der Waals surface area contributed by atoms with Crippen molar-refractivity contribution in [3.8, 4) is 0 Å². The lowest BCUT2D eigenvalue weighted by Gasteiger charge is -2.49. The Bertz CT molecular complexity index is 1260. The summed E-state index contributed by atoms with van der Waals surface area (Å²) in [6.45, 7) is 22.2. The van der Waals surface area contributed by atoms with E-state index in [1.54, 1.807) is 34.6 Å². The number of methoxy groups -OCH3 is 1. The minimum atomic E-state index is -1.82. The van der Waals surface area contributed by atoms with Crippen LogP contribution >= 0.6 is 0 Å². The van der Waals surface area contributed by atoms with Gasteiger partial charge in [-0.05, 0) is 87.8 Å². The average molecular weight is 744 g/mol. The SMILES string of the molecule is CCC1OC(=O)C(C)C(OC2C[C@@](C)(OC)C(O)C(C)O2)C(C)C(OC2OC(C)CC(N(C)C(C)C)C2O)[C@@]2(C)CC(C)=C(O2)C(C)C(O)[C@]1(C)O. The molecule has 4 heterocycles. The van der Waals surface area contributed by atoms with Crippen molar-refractivity contribution < 1.29 is 58.4 Å². The summed E-state index contributed by atoms with van der Waals surface area (Å²) in [6, 6.07) is -0.0815. The number of hydrogen-bond donors (Lipinski definition) is 4. The first-order chi connectivity index (χ1) is 24.0. The second-order valence-corrected chi connectivity index (χ2v) is 17.1. The molecule has 13 heteroatoms. The van der Waals surface area contributed by atoms with Gasteiger partial charge in [-0.2, -0.15) is 0 Å². The van der Waals surface area contributed by atoms with Gasteiger partial charge in [-0.3, -0.25) is 9.69 Å². The molecule has 4 aliphatic heterocycles. The zero-order chi connectivity index (χ0) is 39.2. The summed E-state index contributed by atoms with van der Waals surface area (Å²) in [7, 11) is 3.51. The molecule has 4 aliphatic rings. The molecule has 0 saturated carbocycles. The van der Waals surface area contributed by atoms with E-state index in [-0.39, 0.29) is 31.0 Å². The van der Waals surface area contributed by atoms with E-state index in [0.29, 0.717) is 18.6 Å². The molecule has 14 unspecified atom stereocenters. The highest BCUT2D eigenvalue weighted by Crippen LogP contribution is 2.47. The van der Waals surface area contributed by atoms with Gasteiger partial charge < -0.3 is 53.6 Å². The molecule has 17 atom stereocenters. The number of rotatable bonds is 8. The zero-order valence-corrected chi connectivity index (χ0v) is 34.0. The van der Waals surface area contributed by atoms with E-state index < -0.39 is 95.8 Å². The van der Waals surface area contributed by atoms with Crippen molar-refractivity contribution in [1.82, 2.24) is 4.90 Å². The van der Waals surface area contributed by atoms with Crippen LogP contribution in [0, 0.1) is 17.8 Å². The summed E-state index contributed by atoms with van der Waals surface area (Å²) in [5.74, 6) is -2.33. The zero-order valence-electron chi connectivity index (χ0n) is 34.0. The van der Waals surface area contributed by atoms with E-state index in [9.17, 15) is 25.2 Å². The van der Waals surface area contributed by atoms with E-state index in [1.165, 1.54) is 14.0 Å². The highest BCUT2D eigenvalue weighted by atomic mass is 16.7. The van der Waals surface area contributed by atoms with Crippen LogP contribution in [0.25, 0.3) is 0 Å². The predicted octanol–water partition coefficient (Wildman–Crippen LogP) is 3.67. The number of carbonyl (C=O) groups is 1. The second-order valence-electron chi connectivity index (χ2n) is 17.1. The maximum Gasteiger partial charge on any atom is 0.311 e. The molecule has 0 spiro atoms. The normalized spacial score (nSPS) is 48.2. The number of likely N-dealkylation sites (N-methyl/N-ethyl adjacent to an activating group) is 1. The topological polar surface area (TPSA) is 166 Å². The van der Waals surface area contributed by atoms with Crippen molar-refractivity contribution in [2.45, 2.75) is 199 Å². The number of carbonyl (C=O) groups excluding carboxylic acids is 1. The van der Waals surface area contributed by atoms with Crippen molar-refractivity contribution in [2.75, 3.05) is 14.2 Å². The van der Waals surface area contributed by atoms with Crippen molar-refractivity contribution in [2.24, 2.45) is 17.8 Å². The van der Waals surface area contributed by atoms with Gasteiger partial charge in [0.05, 0.1) is 35.9 Å². The van der Waals surface area contributed by atoms with Crippen molar-refractivity contribution in [3.63, 3.8) is 0 Å². The van der Waals surface area contributed by atoms with Gasteiger partial charge in [-0.15, -0.1) is 0 Å². The first-order valence-corrected chi connectivity index (χ1v) is 19.3. The summed E-state index contributed by atoms with van der Waals surface area (Å²) in [4.78, 5) is 16.3. The molecule has 52 heavy (non-hydrogen) atoms. The van der Waals surface area contributed by atoms with Crippen LogP contribution in [-0.2, 0) is 38.0 Å². The Balaban J connectivity index is 1.84. The Morgan fingerprint density at radius 1 is 0.981 bits per heavy atom. The lowest BCUT2D eigenvalue weighted by atomic mass is 9.78. The molecule has 3 saturated heterocycles. The highest BCUT2D eigenvalue weighted by Gasteiger charge is 2.56. The summed E-state index contributed by atoms with van der Waals surface area (Å²) < 4.78 is 44.9. The highest BCUT2D eigenvalue weighted by molar-refractivity contribution is 5.73. The third-order valence-corrected chi connectivity index (χ3v) is 12.6. The fourth-order valence-electron chi connectivity index (χ4n) is 9.00. The Kier molecular flexibility index (Phi) is 13.6. The number of hydrogen-bond acceptors (Lipinski definition) is 13. The molecule has 0 aromatic heterocycles. The van der Waals surface area contributed by atoms with Gasteiger partial charge in [0, 0.05) is 43.9 Å². The number of esters is 1. The van der Waals surface area contributed by atoms with Crippen LogP contribution in [-0.4, -0.2) is 136 Å². The summed E-state index contributed by atoms with van der Waals surface area (Å²) in [6.07, 6.45) is -7.45. The number of aliphatic hydroxyl groups is 4. The van der Waals surface area contributed by atoms with Crippen LogP contribution in [0.15, 0.2) is 11.3 Å². The van der Waals surface area contributed by atoms with Gasteiger partial charge in [0.15, 0.2) is 12.6 Å². The maximum absolute atomic E-state index is 14.2.